The van der Waals surface area contributed by atoms with Crippen LogP contribution in [0.15, 0.2) is 29.8 Å². The number of aryl methyl sites for hydroxylation is 1. The highest BCUT2D eigenvalue weighted by atomic mass is 79.9. The number of pyridine rings is 1. The van der Waals surface area contributed by atoms with Gasteiger partial charge in [-0.15, -0.1) is 11.3 Å². The first-order valence-electron chi connectivity index (χ1n) is 4.77. The quantitative estimate of drug-likeness (QED) is 0.806. The first-order chi connectivity index (χ1) is 7.38. The molecule has 2 heterocycles. The van der Waals surface area contributed by atoms with Crippen molar-refractivity contribution in [3.8, 4) is 0 Å². The van der Waals surface area contributed by atoms with Gasteiger partial charge in [-0.25, -0.2) is 4.98 Å². The summed E-state index contributed by atoms with van der Waals surface area (Å²) in [4.78, 5) is 8.83. The van der Waals surface area contributed by atoms with Crippen molar-refractivity contribution in [3.05, 3.63) is 46.2 Å². The van der Waals surface area contributed by atoms with E-state index in [1.165, 1.54) is 5.69 Å². The van der Waals surface area contributed by atoms with Crippen molar-refractivity contribution in [1.82, 2.24) is 9.97 Å². The lowest BCUT2D eigenvalue weighted by Gasteiger charge is -1.95. The second-order valence-corrected chi connectivity index (χ2v) is 4.91. The van der Waals surface area contributed by atoms with Gasteiger partial charge < -0.3 is 0 Å². The number of rotatable bonds is 4. The molecule has 2 aromatic rings. The van der Waals surface area contributed by atoms with Gasteiger partial charge in [0.15, 0.2) is 0 Å². The van der Waals surface area contributed by atoms with Crippen LogP contribution in [0.4, 0.5) is 0 Å². The number of hydrogen-bond donors (Lipinski definition) is 0. The lowest BCUT2D eigenvalue weighted by atomic mass is 10.3. The fraction of sp³-hybridized carbons (Fsp3) is 0.273. The number of nitrogens with zero attached hydrogens (tertiary/aromatic N) is 2. The van der Waals surface area contributed by atoms with Crippen LogP contribution in [0.5, 0.6) is 0 Å². The molecule has 78 valence electrons. The Labute approximate surface area is 102 Å². The van der Waals surface area contributed by atoms with Crippen LogP contribution in [-0.2, 0) is 12.8 Å². The average molecular weight is 283 g/mol. The molecule has 15 heavy (non-hydrogen) atoms. The third kappa shape index (κ3) is 3.11. The zero-order chi connectivity index (χ0) is 10.5. The monoisotopic (exact) mass is 282 g/mol. The van der Waals surface area contributed by atoms with Crippen molar-refractivity contribution in [3.63, 3.8) is 0 Å². The summed E-state index contributed by atoms with van der Waals surface area (Å²) in [6, 6.07) is 5.97. The van der Waals surface area contributed by atoms with Gasteiger partial charge in [0.25, 0.3) is 0 Å². The molecule has 0 aliphatic heterocycles. The van der Waals surface area contributed by atoms with Crippen LogP contribution in [0.25, 0.3) is 0 Å². The van der Waals surface area contributed by atoms with E-state index in [-0.39, 0.29) is 0 Å². The Kier molecular flexibility index (Phi) is 3.86. The smallest absolute Gasteiger partial charge is 0.0988 e. The van der Waals surface area contributed by atoms with E-state index in [1.54, 1.807) is 11.3 Å². The Hall–Kier alpha value is -0.740. The topological polar surface area (TPSA) is 25.8 Å². The van der Waals surface area contributed by atoms with Gasteiger partial charge >= 0.3 is 0 Å². The van der Waals surface area contributed by atoms with Gasteiger partial charge in [-0.05, 0) is 12.1 Å². The van der Waals surface area contributed by atoms with Gasteiger partial charge in [0.1, 0.15) is 0 Å². The highest BCUT2D eigenvalue weighted by Gasteiger charge is 2.03. The molecule has 0 saturated heterocycles. The fourth-order valence-electron chi connectivity index (χ4n) is 1.30. The minimum absolute atomic E-state index is 0.841. The number of halogens is 1. The first-order valence-corrected chi connectivity index (χ1v) is 6.78. The van der Waals surface area contributed by atoms with Crippen LogP contribution in [0, 0.1) is 0 Å². The predicted octanol–water partition coefficient (Wildman–Crippen LogP) is 3.07. The van der Waals surface area contributed by atoms with Crippen LogP contribution in [0.2, 0.25) is 0 Å². The third-order valence-corrected chi connectivity index (χ3v) is 3.30. The van der Waals surface area contributed by atoms with Crippen molar-refractivity contribution >= 4 is 27.3 Å². The lowest BCUT2D eigenvalue weighted by molar-refractivity contribution is 1.00. The molecule has 0 saturated carbocycles. The standard InChI is InChI=1S/C11H11BrN2S/c12-5-4-10-8-15-11(14-10)7-9-3-1-2-6-13-9/h1-3,6,8H,4-5,7H2. The number of aromatic nitrogens is 2. The summed E-state index contributed by atoms with van der Waals surface area (Å²) in [7, 11) is 0. The summed E-state index contributed by atoms with van der Waals surface area (Å²) in [5, 5.41) is 4.24. The Morgan fingerprint density at radius 3 is 2.93 bits per heavy atom. The van der Waals surface area contributed by atoms with Crippen LogP contribution >= 0.6 is 27.3 Å². The van der Waals surface area contributed by atoms with Crippen LogP contribution in [0.1, 0.15) is 16.4 Å². The van der Waals surface area contributed by atoms with Gasteiger partial charge in [0, 0.05) is 35.4 Å². The van der Waals surface area contributed by atoms with E-state index < -0.39 is 0 Å². The molecule has 0 radical (unpaired) electrons. The SMILES string of the molecule is BrCCc1csc(Cc2ccccn2)n1. The van der Waals surface area contributed by atoms with Gasteiger partial charge in [-0.3, -0.25) is 4.98 Å². The number of hydrogen-bond acceptors (Lipinski definition) is 3. The van der Waals surface area contributed by atoms with Crippen molar-refractivity contribution < 1.29 is 0 Å². The second kappa shape index (κ2) is 5.37. The molecule has 4 heteroatoms. The fourth-order valence-corrected chi connectivity index (χ4v) is 2.55. The molecule has 0 atom stereocenters. The maximum absolute atomic E-state index is 4.54. The molecular weight excluding hydrogens is 272 g/mol. The molecule has 0 fully saturated rings. The molecule has 0 unspecified atom stereocenters. The summed E-state index contributed by atoms with van der Waals surface area (Å²) in [6.45, 7) is 0. The summed E-state index contributed by atoms with van der Waals surface area (Å²) >= 11 is 5.13. The Morgan fingerprint density at radius 1 is 1.27 bits per heavy atom. The van der Waals surface area contributed by atoms with E-state index in [4.69, 9.17) is 0 Å². The molecule has 0 bridgehead atoms. The second-order valence-electron chi connectivity index (χ2n) is 3.17. The van der Waals surface area contributed by atoms with E-state index in [0.29, 0.717) is 0 Å². The largest absolute Gasteiger partial charge is 0.261 e. The Bertz CT molecular complexity index is 414. The number of alkyl halides is 1. The van der Waals surface area contributed by atoms with Crippen molar-refractivity contribution in [1.29, 1.82) is 0 Å². The zero-order valence-corrected chi connectivity index (χ0v) is 10.6. The summed E-state index contributed by atoms with van der Waals surface area (Å²) in [5.74, 6) is 0. The van der Waals surface area contributed by atoms with E-state index in [1.807, 2.05) is 24.4 Å². The normalized spacial score (nSPS) is 10.5. The zero-order valence-electron chi connectivity index (χ0n) is 8.19. The molecule has 0 N–H and O–H groups in total. The minimum Gasteiger partial charge on any atom is -0.261 e. The van der Waals surface area contributed by atoms with E-state index in [2.05, 4.69) is 31.3 Å². The molecule has 0 aliphatic rings. The summed E-state index contributed by atoms with van der Waals surface area (Å²) < 4.78 is 0. The summed E-state index contributed by atoms with van der Waals surface area (Å²) in [6.07, 6.45) is 3.66. The van der Waals surface area contributed by atoms with Gasteiger partial charge in [0.2, 0.25) is 0 Å². The van der Waals surface area contributed by atoms with E-state index in [0.717, 1.165) is 28.9 Å². The van der Waals surface area contributed by atoms with Crippen LogP contribution < -0.4 is 0 Å². The van der Waals surface area contributed by atoms with Gasteiger partial charge in [-0.1, -0.05) is 22.0 Å². The van der Waals surface area contributed by atoms with E-state index >= 15 is 0 Å². The maximum Gasteiger partial charge on any atom is 0.0988 e. The summed E-state index contributed by atoms with van der Waals surface area (Å²) in [5.41, 5.74) is 2.25. The molecule has 2 rings (SSSR count). The molecule has 2 aromatic heterocycles. The lowest BCUT2D eigenvalue weighted by Crippen LogP contribution is -1.92. The highest BCUT2D eigenvalue weighted by Crippen LogP contribution is 2.14. The van der Waals surface area contributed by atoms with Crippen molar-refractivity contribution in [2.24, 2.45) is 0 Å². The van der Waals surface area contributed by atoms with Crippen LogP contribution in [0.3, 0.4) is 0 Å². The molecule has 0 aromatic carbocycles. The molecule has 0 spiro atoms. The Balaban J connectivity index is 2.05. The van der Waals surface area contributed by atoms with Gasteiger partial charge in [0.05, 0.1) is 10.7 Å². The third-order valence-electron chi connectivity index (χ3n) is 2.01. The molecule has 2 nitrogen and oxygen atoms in total. The minimum atomic E-state index is 0.841. The average Bonchev–Trinajstić information content (AvgIpc) is 2.68. The molecular formula is C11H11BrN2S. The number of thiazole rings is 1. The van der Waals surface area contributed by atoms with Crippen molar-refractivity contribution in [2.75, 3.05) is 5.33 Å². The predicted molar refractivity (Wildman–Crippen MR) is 66.7 cm³/mol. The van der Waals surface area contributed by atoms with Gasteiger partial charge in [-0.2, -0.15) is 0 Å². The van der Waals surface area contributed by atoms with Crippen molar-refractivity contribution in [2.45, 2.75) is 12.8 Å². The first kappa shape index (κ1) is 10.8. The van der Waals surface area contributed by atoms with E-state index in [9.17, 15) is 0 Å². The van der Waals surface area contributed by atoms with Crippen LogP contribution in [-0.4, -0.2) is 15.3 Å². The maximum atomic E-state index is 4.54. The molecule has 0 amide bonds. The highest BCUT2D eigenvalue weighted by molar-refractivity contribution is 9.09. The molecule has 0 aliphatic carbocycles. The Morgan fingerprint density at radius 2 is 2.20 bits per heavy atom.